The zero-order valence-corrected chi connectivity index (χ0v) is 18.4. The van der Waals surface area contributed by atoms with Gasteiger partial charge in [-0.05, 0) is 74.6 Å². The summed E-state index contributed by atoms with van der Waals surface area (Å²) in [5.74, 6) is -0.606. The van der Waals surface area contributed by atoms with Gasteiger partial charge in [-0.25, -0.2) is 4.98 Å². The number of benzene rings is 2. The Morgan fingerprint density at radius 3 is 2.63 bits per heavy atom. The van der Waals surface area contributed by atoms with Crippen LogP contribution in [0.15, 0.2) is 42.5 Å². The van der Waals surface area contributed by atoms with Crippen molar-refractivity contribution in [2.75, 3.05) is 10.6 Å². The van der Waals surface area contributed by atoms with E-state index in [1.165, 1.54) is 11.3 Å². The van der Waals surface area contributed by atoms with Crippen LogP contribution < -0.4 is 10.6 Å². The van der Waals surface area contributed by atoms with Crippen LogP contribution in [0.1, 0.15) is 50.8 Å². The fourth-order valence-electron chi connectivity index (χ4n) is 3.59. The summed E-state index contributed by atoms with van der Waals surface area (Å²) in [6, 6.07) is 12.7. The predicted molar refractivity (Wildman–Crippen MR) is 122 cm³/mol. The molecule has 0 radical (unpaired) electrons. The largest absolute Gasteiger partial charge is 0.325 e. The van der Waals surface area contributed by atoms with Crippen LogP contribution in [0.25, 0.3) is 0 Å². The minimum atomic E-state index is -0.314. The van der Waals surface area contributed by atoms with Gasteiger partial charge in [0.2, 0.25) is 5.91 Å². The number of halogens is 1. The molecular weight excluding hydrogens is 418 g/mol. The molecule has 0 fully saturated rings. The van der Waals surface area contributed by atoms with Gasteiger partial charge in [0.1, 0.15) is 0 Å². The van der Waals surface area contributed by atoms with E-state index >= 15 is 0 Å². The van der Waals surface area contributed by atoms with Crippen LogP contribution in [0, 0.1) is 13.8 Å². The fraction of sp³-hybridized carbons (Fsp3) is 0.261. The number of hydrogen-bond acceptors (Lipinski definition) is 4. The summed E-state index contributed by atoms with van der Waals surface area (Å²) in [6.45, 7) is 3.98. The Morgan fingerprint density at radius 2 is 1.87 bits per heavy atom. The third kappa shape index (κ3) is 4.40. The number of amides is 2. The van der Waals surface area contributed by atoms with Crippen LogP contribution in [0.5, 0.6) is 0 Å². The molecule has 1 aliphatic rings. The third-order valence-corrected chi connectivity index (χ3v) is 6.55. The molecule has 1 aromatic heterocycles. The highest BCUT2D eigenvalue weighted by Gasteiger charge is 2.31. The molecule has 1 heterocycles. The van der Waals surface area contributed by atoms with Crippen LogP contribution >= 0.6 is 22.9 Å². The average Bonchev–Trinajstić information content (AvgIpc) is 3.13. The number of nitrogens with one attached hydrogen (secondary N) is 2. The molecule has 4 rings (SSSR count). The first-order valence-corrected chi connectivity index (χ1v) is 11.0. The highest BCUT2D eigenvalue weighted by atomic mass is 35.5. The molecule has 2 amide bonds. The summed E-state index contributed by atoms with van der Waals surface area (Å²) in [5, 5.41) is 7.02. The van der Waals surface area contributed by atoms with Gasteiger partial charge in [-0.2, -0.15) is 0 Å². The number of nitrogens with zero attached hydrogens (tertiary/aromatic N) is 1. The summed E-state index contributed by atoms with van der Waals surface area (Å²) in [7, 11) is 0. The number of fused-ring (bicyclic) bond motifs is 1. The summed E-state index contributed by atoms with van der Waals surface area (Å²) in [5.41, 5.74) is 4.25. The van der Waals surface area contributed by atoms with Crippen LogP contribution in [0.2, 0.25) is 5.02 Å². The number of carbonyl (C=O) groups excluding carboxylic acids is 2. The molecule has 3 aromatic rings. The maximum absolute atomic E-state index is 13.0. The Hall–Kier alpha value is -2.70. The van der Waals surface area contributed by atoms with Gasteiger partial charge in [0.25, 0.3) is 5.91 Å². The molecule has 154 valence electrons. The second-order valence-electron chi connectivity index (χ2n) is 7.54. The second kappa shape index (κ2) is 8.58. The van der Waals surface area contributed by atoms with Crippen molar-refractivity contribution in [1.29, 1.82) is 0 Å². The van der Waals surface area contributed by atoms with Gasteiger partial charge >= 0.3 is 0 Å². The highest BCUT2D eigenvalue weighted by Crippen LogP contribution is 2.37. The Bertz CT molecular complexity index is 1110. The number of thiazole rings is 1. The normalized spacial score (nSPS) is 15.4. The van der Waals surface area contributed by atoms with E-state index in [0.29, 0.717) is 15.7 Å². The molecule has 1 atom stereocenters. The van der Waals surface area contributed by atoms with E-state index in [2.05, 4.69) is 15.6 Å². The van der Waals surface area contributed by atoms with Crippen molar-refractivity contribution in [1.82, 2.24) is 4.98 Å². The molecule has 1 aliphatic carbocycles. The van der Waals surface area contributed by atoms with Crippen molar-refractivity contribution >= 4 is 45.6 Å². The SMILES string of the molecule is Cc1ccc(C)c(NC(=O)C2CCCc3sc(NC(=O)c4ccc(Cl)cc4)nc32)c1. The van der Waals surface area contributed by atoms with Gasteiger partial charge in [-0.3, -0.25) is 14.9 Å². The van der Waals surface area contributed by atoms with Crippen molar-refractivity contribution in [3.63, 3.8) is 0 Å². The Kier molecular flexibility index (Phi) is 5.88. The van der Waals surface area contributed by atoms with Crippen molar-refractivity contribution in [3.8, 4) is 0 Å². The molecule has 0 spiro atoms. The van der Waals surface area contributed by atoms with E-state index in [4.69, 9.17) is 11.6 Å². The second-order valence-corrected chi connectivity index (χ2v) is 9.06. The van der Waals surface area contributed by atoms with Gasteiger partial charge < -0.3 is 5.32 Å². The highest BCUT2D eigenvalue weighted by molar-refractivity contribution is 7.16. The lowest BCUT2D eigenvalue weighted by atomic mass is 9.90. The van der Waals surface area contributed by atoms with Crippen molar-refractivity contribution in [2.45, 2.75) is 39.0 Å². The first-order chi connectivity index (χ1) is 14.4. The predicted octanol–water partition coefficient (Wildman–Crippen LogP) is 5.72. The summed E-state index contributed by atoms with van der Waals surface area (Å²) < 4.78 is 0. The molecule has 0 aliphatic heterocycles. The zero-order valence-electron chi connectivity index (χ0n) is 16.8. The Balaban J connectivity index is 1.52. The minimum Gasteiger partial charge on any atom is -0.325 e. The van der Waals surface area contributed by atoms with Gasteiger partial charge in [-0.1, -0.05) is 23.7 Å². The number of aryl methyl sites for hydroxylation is 3. The van der Waals surface area contributed by atoms with Crippen molar-refractivity contribution in [3.05, 3.63) is 74.7 Å². The molecule has 2 N–H and O–H groups in total. The van der Waals surface area contributed by atoms with Gasteiger partial charge in [0.05, 0.1) is 11.6 Å². The lowest BCUT2D eigenvalue weighted by Gasteiger charge is -2.21. The Morgan fingerprint density at radius 1 is 1.10 bits per heavy atom. The Labute approximate surface area is 184 Å². The van der Waals surface area contributed by atoms with E-state index in [1.807, 2.05) is 32.0 Å². The van der Waals surface area contributed by atoms with E-state index in [1.54, 1.807) is 24.3 Å². The van der Waals surface area contributed by atoms with Gasteiger partial charge in [0, 0.05) is 21.2 Å². The molecule has 5 nitrogen and oxygen atoms in total. The smallest absolute Gasteiger partial charge is 0.257 e. The van der Waals surface area contributed by atoms with Crippen molar-refractivity contribution in [2.24, 2.45) is 0 Å². The maximum Gasteiger partial charge on any atom is 0.257 e. The molecular formula is C23H22ClN3O2S. The van der Waals surface area contributed by atoms with Crippen LogP contribution in [0.3, 0.4) is 0 Å². The van der Waals surface area contributed by atoms with Crippen molar-refractivity contribution < 1.29 is 9.59 Å². The quantitative estimate of drug-likeness (QED) is 0.545. The van der Waals surface area contributed by atoms with E-state index in [-0.39, 0.29) is 17.7 Å². The first-order valence-electron chi connectivity index (χ1n) is 9.85. The van der Waals surface area contributed by atoms with E-state index in [0.717, 1.165) is 46.6 Å². The number of aromatic nitrogens is 1. The fourth-order valence-corrected chi connectivity index (χ4v) is 4.77. The summed E-state index contributed by atoms with van der Waals surface area (Å²) >= 11 is 7.33. The topological polar surface area (TPSA) is 71.1 Å². The molecule has 30 heavy (non-hydrogen) atoms. The molecule has 1 unspecified atom stereocenters. The molecule has 0 saturated heterocycles. The average molecular weight is 440 g/mol. The number of carbonyl (C=O) groups is 2. The van der Waals surface area contributed by atoms with E-state index < -0.39 is 0 Å². The van der Waals surface area contributed by atoms with Crippen LogP contribution in [-0.4, -0.2) is 16.8 Å². The lowest BCUT2D eigenvalue weighted by molar-refractivity contribution is -0.117. The number of anilines is 2. The molecule has 0 saturated carbocycles. The maximum atomic E-state index is 13.0. The van der Waals surface area contributed by atoms with Crippen LogP contribution in [-0.2, 0) is 11.2 Å². The monoisotopic (exact) mass is 439 g/mol. The third-order valence-electron chi connectivity index (χ3n) is 5.25. The summed E-state index contributed by atoms with van der Waals surface area (Å²) in [4.78, 5) is 31.2. The molecule has 7 heteroatoms. The number of hydrogen-bond donors (Lipinski definition) is 2. The molecule has 0 bridgehead atoms. The van der Waals surface area contributed by atoms with Gasteiger partial charge in [0.15, 0.2) is 5.13 Å². The minimum absolute atomic E-state index is 0.0504. The van der Waals surface area contributed by atoms with E-state index in [9.17, 15) is 9.59 Å². The lowest BCUT2D eigenvalue weighted by Crippen LogP contribution is -2.25. The summed E-state index contributed by atoms with van der Waals surface area (Å²) in [6.07, 6.45) is 2.54. The van der Waals surface area contributed by atoms with Gasteiger partial charge in [-0.15, -0.1) is 11.3 Å². The first kappa shape index (κ1) is 20.6. The number of rotatable bonds is 4. The zero-order chi connectivity index (χ0) is 21.3. The van der Waals surface area contributed by atoms with Crippen LogP contribution in [0.4, 0.5) is 10.8 Å². The molecule has 2 aromatic carbocycles. The standard InChI is InChI=1S/C23H22ClN3O2S/c1-13-6-7-14(2)18(12-13)25-22(29)17-4-3-5-19-20(17)26-23(30-19)27-21(28)15-8-10-16(24)11-9-15/h6-12,17H,3-5H2,1-2H3,(H,25,29)(H,26,27,28).